The highest BCUT2D eigenvalue weighted by atomic mass is 32.2. The van der Waals surface area contributed by atoms with Gasteiger partial charge in [-0.15, -0.1) is 0 Å². The quantitative estimate of drug-likeness (QED) is 0.676. The molecule has 30 heavy (non-hydrogen) atoms. The lowest BCUT2D eigenvalue weighted by atomic mass is 9.92. The van der Waals surface area contributed by atoms with E-state index in [0.717, 1.165) is 58.4 Å². The molecule has 3 fully saturated rings. The van der Waals surface area contributed by atoms with Gasteiger partial charge in [-0.3, -0.25) is 19.6 Å². The first-order valence-electron chi connectivity index (χ1n) is 11.4. The molecule has 1 amide bonds. The molecule has 1 saturated carbocycles. The van der Waals surface area contributed by atoms with Crippen LogP contribution < -0.4 is 0 Å². The van der Waals surface area contributed by atoms with E-state index in [1.807, 2.05) is 29.4 Å². The van der Waals surface area contributed by atoms with Crippen molar-refractivity contribution in [3.63, 3.8) is 0 Å². The topological polar surface area (TPSA) is 73.8 Å². The second-order valence-corrected chi connectivity index (χ2v) is 11.3. The van der Waals surface area contributed by atoms with Gasteiger partial charge >= 0.3 is 0 Å². The fourth-order valence-electron chi connectivity index (χ4n) is 5.18. The van der Waals surface area contributed by atoms with E-state index in [4.69, 9.17) is 0 Å². The predicted octanol–water partition coefficient (Wildman–Crippen LogP) is 1.55. The first-order chi connectivity index (χ1) is 14.5. The summed E-state index contributed by atoms with van der Waals surface area (Å²) in [4.78, 5) is 24.1. The van der Waals surface area contributed by atoms with E-state index in [-0.39, 0.29) is 29.5 Å². The van der Waals surface area contributed by atoms with Crippen LogP contribution in [0.4, 0.5) is 0 Å². The van der Waals surface area contributed by atoms with Gasteiger partial charge in [-0.1, -0.05) is 19.3 Å². The summed E-state index contributed by atoms with van der Waals surface area (Å²) in [7, 11) is -3.00. The highest BCUT2D eigenvalue weighted by molar-refractivity contribution is 7.91. The van der Waals surface area contributed by atoms with E-state index in [2.05, 4.69) is 14.8 Å². The third-order valence-electron chi connectivity index (χ3n) is 6.84. The summed E-state index contributed by atoms with van der Waals surface area (Å²) in [6.07, 6.45) is 9.79. The number of piperazine rings is 1. The van der Waals surface area contributed by atoms with Crippen molar-refractivity contribution in [3.8, 4) is 0 Å². The molecule has 0 N–H and O–H groups in total. The number of hydrogen-bond acceptors (Lipinski definition) is 6. The van der Waals surface area contributed by atoms with Gasteiger partial charge in [0.15, 0.2) is 9.84 Å². The van der Waals surface area contributed by atoms with Crippen LogP contribution in [0.5, 0.6) is 0 Å². The van der Waals surface area contributed by atoms with E-state index in [1.165, 1.54) is 12.0 Å². The van der Waals surface area contributed by atoms with Gasteiger partial charge in [0.2, 0.25) is 5.91 Å². The zero-order valence-electron chi connectivity index (χ0n) is 17.8. The molecule has 1 unspecified atom stereocenters. The monoisotopic (exact) mass is 434 g/mol. The normalized spacial score (nSPS) is 25.9. The number of carbonyl (C=O) groups excluding carboxylic acids is 1. The van der Waals surface area contributed by atoms with Crippen molar-refractivity contribution in [1.82, 2.24) is 19.7 Å². The van der Waals surface area contributed by atoms with E-state index in [0.29, 0.717) is 13.0 Å². The molecular weight excluding hydrogens is 400 g/mol. The molecule has 4 rings (SSSR count). The summed E-state index contributed by atoms with van der Waals surface area (Å²) in [5, 5.41) is 0. The number of amides is 1. The van der Waals surface area contributed by atoms with Crippen LogP contribution in [0.15, 0.2) is 24.5 Å². The van der Waals surface area contributed by atoms with Crippen LogP contribution in [-0.2, 0) is 21.2 Å². The number of aromatic nitrogens is 1. The minimum absolute atomic E-state index is 0.126. The third-order valence-corrected chi connectivity index (χ3v) is 8.59. The number of sulfone groups is 1. The Hall–Kier alpha value is -1.51. The number of pyridine rings is 1. The smallest absolute Gasteiger partial charge is 0.237 e. The molecule has 3 aliphatic rings. The van der Waals surface area contributed by atoms with E-state index < -0.39 is 9.84 Å². The molecule has 1 aromatic rings. The highest BCUT2D eigenvalue weighted by Crippen LogP contribution is 2.28. The van der Waals surface area contributed by atoms with Crippen molar-refractivity contribution in [1.29, 1.82) is 0 Å². The molecular formula is C22H34N4O3S. The fraction of sp³-hybridized carbons (Fsp3) is 0.727. The number of carbonyl (C=O) groups is 1. The second-order valence-electron chi connectivity index (χ2n) is 9.06. The molecule has 0 spiro atoms. The minimum atomic E-state index is -3.00. The first-order valence-corrected chi connectivity index (χ1v) is 13.2. The standard InChI is InChI=1S/C22H34N4O3S/c27-22(17-25-13-11-24(12-14-25)16-19-6-9-23-10-7-19)26(20-4-2-1-3-5-20)21-8-15-30(28,29)18-21/h6-7,9-10,20-21H,1-5,8,11-18H2. The van der Waals surface area contributed by atoms with Crippen LogP contribution in [0.2, 0.25) is 0 Å². The molecule has 8 heteroatoms. The Morgan fingerprint density at radius 2 is 1.63 bits per heavy atom. The Kier molecular flexibility index (Phi) is 7.05. The van der Waals surface area contributed by atoms with Crippen molar-refractivity contribution >= 4 is 15.7 Å². The highest BCUT2D eigenvalue weighted by Gasteiger charge is 2.39. The third kappa shape index (κ3) is 5.59. The van der Waals surface area contributed by atoms with Crippen LogP contribution in [0.1, 0.15) is 44.1 Å². The zero-order chi connectivity index (χ0) is 21.0. The predicted molar refractivity (Wildman–Crippen MR) is 117 cm³/mol. The van der Waals surface area contributed by atoms with Crippen molar-refractivity contribution in [2.75, 3.05) is 44.2 Å². The fourth-order valence-corrected chi connectivity index (χ4v) is 6.90. The molecule has 1 aliphatic carbocycles. The molecule has 1 aromatic heterocycles. The SMILES string of the molecule is O=C(CN1CCN(Cc2ccncc2)CC1)N(C1CCCCC1)C1CCS(=O)(=O)C1. The molecule has 0 bridgehead atoms. The van der Waals surface area contributed by atoms with Crippen LogP contribution in [0.3, 0.4) is 0 Å². The van der Waals surface area contributed by atoms with Gasteiger partial charge in [0.1, 0.15) is 0 Å². The van der Waals surface area contributed by atoms with Crippen LogP contribution in [0, 0.1) is 0 Å². The second kappa shape index (κ2) is 9.75. The maximum Gasteiger partial charge on any atom is 0.237 e. The van der Waals surface area contributed by atoms with Gasteiger partial charge in [-0.2, -0.15) is 0 Å². The summed E-state index contributed by atoms with van der Waals surface area (Å²) < 4.78 is 24.1. The minimum Gasteiger partial charge on any atom is -0.335 e. The van der Waals surface area contributed by atoms with E-state index in [9.17, 15) is 13.2 Å². The van der Waals surface area contributed by atoms with Gasteiger partial charge in [-0.25, -0.2) is 8.42 Å². The lowest BCUT2D eigenvalue weighted by Gasteiger charge is -2.40. The van der Waals surface area contributed by atoms with Crippen molar-refractivity contribution in [3.05, 3.63) is 30.1 Å². The number of hydrogen-bond donors (Lipinski definition) is 0. The van der Waals surface area contributed by atoms with Gasteiger partial charge in [0.05, 0.1) is 18.1 Å². The lowest BCUT2D eigenvalue weighted by molar-refractivity contribution is -0.138. The summed E-state index contributed by atoms with van der Waals surface area (Å²) in [6, 6.07) is 4.19. The van der Waals surface area contributed by atoms with Crippen molar-refractivity contribution in [2.24, 2.45) is 0 Å². The summed E-state index contributed by atoms with van der Waals surface area (Å²) in [6.45, 7) is 4.96. The van der Waals surface area contributed by atoms with Gasteiger partial charge in [0, 0.05) is 57.2 Å². The maximum atomic E-state index is 13.4. The van der Waals surface area contributed by atoms with Crippen LogP contribution in [-0.4, -0.2) is 90.3 Å². The molecule has 0 aromatic carbocycles. The zero-order valence-corrected chi connectivity index (χ0v) is 18.6. The molecule has 2 aliphatic heterocycles. The Bertz CT molecular complexity index is 803. The van der Waals surface area contributed by atoms with Crippen molar-refractivity contribution in [2.45, 2.75) is 57.2 Å². The van der Waals surface area contributed by atoms with Crippen molar-refractivity contribution < 1.29 is 13.2 Å². The van der Waals surface area contributed by atoms with E-state index >= 15 is 0 Å². The number of rotatable bonds is 6. The summed E-state index contributed by atoms with van der Waals surface area (Å²) in [5.74, 6) is 0.503. The summed E-state index contributed by atoms with van der Waals surface area (Å²) >= 11 is 0. The number of nitrogens with zero attached hydrogens (tertiary/aromatic N) is 4. The molecule has 7 nitrogen and oxygen atoms in total. The Morgan fingerprint density at radius 3 is 2.27 bits per heavy atom. The average molecular weight is 435 g/mol. The van der Waals surface area contributed by atoms with Gasteiger partial charge in [0.25, 0.3) is 0 Å². The Labute approximate surface area is 180 Å². The van der Waals surface area contributed by atoms with E-state index in [1.54, 1.807) is 0 Å². The Morgan fingerprint density at radius 1 is 0.967 bits per heavy atom. The molecule has 3 heterocycles. The Balaban J connectivity index is 1.33. The largest absolute Gasteiger partial charge is 0.335 e. The average Bonchev–Trinajstić information content (AvgIpc) is 3.10. The molecule has 0 radical (unpaired) electrons. The van der Waals surface area contributed by atoms with Crippen LogP contribution >= 0.6 is 0 Å². The molecule has 166 valence electrons. The molecule has 1 atom stereocenters. The van der Waals surface area contributed by atoms with Gasteiger partial charge < -0.3 is 4.90 Å². The summed E-state index contributed by atoms with van der Waals surface area (Å²) in [5.41, 5.74) is 1.26. The first kappa shape index (κ1) is 21.7. The van der Waals surface area contributed by atoms with Gasteiger partial charge in [-0.05, 0) is 37.0 Å². The lowest BCUT2D eigenvalue weighted by Crippen LogP contribution is -2.54. The maximum absolute atomic E-state index is 13.4. The molecule has 2 saturated heterocycles. The van der Waals surface area contributed by atoms with Crippen LogP contribution in [0.25, 0.3) is 0 Å².